The van der Waals surface area contributed by atoms with Crippen molar-refractivity contribution in [2.45, 2.75) is 19.3 Å². The lowest BCUT2D eigenvalue weighted by atomic mass is 9.87. The number of Topliss-reactive ketones (excluding diaryl/α,β-unsaturated/α-hetero) is 1. The number of hydrogen-bond donors (Lipinski definition) is 1. The zero-order chi connectivity index (χ0) is 19.0. The van der Waals surface area contributed by atoms with E-state index in [4.69, 9.17) is 5.11 Å². The second kappa shape index (κ2) is 7.25. The van der Waals surface area contributed by atoms with E-state index in [0.717, 1.165) is 58.5 Å². The number of carboxylic acids is 1. The maximum atomic E-state index is 12.9. The Labute approximate surface area is 162 Å². The number of carbonyl (C=O) groups excluding carboxylic acids is 1. The van der Waals surface area contributed by atoms with Crippen LogP contribution in [0.5, 0.6) is 0 Å². The number of carbonyl (C=O) groups is 2. The minimum atomic E-state index is -0.982. The fourth-order valence-electron chi connectivity index (χ4n) is 3.87. The first-order valence-electron chi connectivity index (χ1n) is 9.10. The summed E-state index contributed by atoms with van der Waals surface area (Å²) in [5, 5.41) is 8.92. The van der Waals surface area contributed by atoms with E-state index in [1.165, 1.54) is 22.5 Å². The lowest BCUT2D eigenvalue weighted by Gasteiger charge is -2.27. The van der Waals surface area contributed by atoms with Crippen molar-refractivity contribution in [3.8, 4) is 0 Å². The standard InChI is InChI=1S/C22H21NO3S/c1-23-10-8-14(9-11-23)21-17-5-3-2-4-15(17)12-19(24)22-18(21)13-16(27-22)6-7-20(25)26/h2-7,13H,8-12H2,1H3,(H,25,26). The van der Waals surface area contributed by atoms with Crippen molar-refractivity contribution >= 4 is 34.7 Å². The summed E-state index contributed by atoms with van der Waals surface area (Å²) < 4.78 is 0. The van der Waals surface area contributed by atoms with Gasteiger partial charge in [0, 0.05) is 36.0 Å². The predicted molar refractivity (Wildman–Crippen MR) is 108 cm³/mol. The Morgan fingerprint density at radius 1 is 1.19 bits per heavy atom. The third-order valence-electron chi connectivity index (χ3n) is 5.25. The van der Waals surface area contributed by atoms with Crippen LogP contribution in [0.25, 0.3) is 11.6 Å². The molecule has 1 saturated heterocycles. The molecular formula is C22H21NO3S. The molecular weight excluding hydrogens is 358 g/mol. The average molecular weight is 379 g/mol. The van der Waals surface area contributed by atoms with Gasteiger partial charge in [0.1, 0.15) is 0 Å². The minimum absolute atomic E-state index is 0.112. The highest BCUT2D eigenvalue weighted by Crippen LogP contribution is 2.41. The van der Waals surface area contributed by atoms with Crippen molar-refractivity contribution in [3.05, 3.63) is 68.4 Å². The monoisotopic (exact) mass is 379 g/mol. The maximum absolute atomic E-state index is 12.9. The van der Waals surface area contributed by atoms with Crippen LogP contribution in [-0.2, 0) is 11.2 Å². The van der Waals surface area contributed by atoms with Crippen molar-refractivity contribution in [2.24, 2.45) is 0 Å². The summed E-state index contributed by atoms with van der Waals surface area (Å²) in [4.78, 5) is 27.7. The van der Waals surface area contributed by atoms with E-state index in [2.05, 4.69) is 18.0 Å². The van der Waals surface area contributed by atoms with Crippen molar-refractivity contribution in [1.82, 2.24) is 4.90 Å². The fourth-order valence-corrected chi connectivity index (χ4v) is 4.88. The van der Waals surface area contributed by atoms with Crippen LogP contribution in [0, 0.1) is 0 Å². The van der Waals surface area contributed by atoms with Crippen LogP contribution in [0.4, 0.5) is 0 Å². The van der Waals surface area contributed by atoms with Gasteiger partial charge in [-0.15, -0.1) is 11.3 Å². The third-order valence-corrected chi connectivity index (χ3v) is 6.39. The van der Waals surface area contributed by atoms with E-state index in [-0.39, 0.29) is 5.78 Å². The van der Waals surface area contributed by atoms with Gasteiger partial charge in [-0.25, -0.2) is 4.79 Å². The molecule has 0 saturated carbocycles. The molecule has 4 rings (SSSR count). The molecule has 1 fully saturated rings. The largest absolute Gasteiger partial charge is 0.478 e. The minimum Gasteiger partial charge on any atom is -0.478 e. The number of piperidine rings is 1. The number of aliphatic carboxylic acids is 1. The van der Waals surface area contributed by atoms with Crippen LogP contribution in [0.15, 0.2) is 42.0 Å². The van der Waals surface area contributed by atoms with Gasteiger partial charge in [-0.2, -0.15) is 0 Å². The zero-order valence-electron chi connectivity index (χ0n) is 15.2. The Balaban J connectivity index is 1.91. The molecule has 1 aromatic carbocycles. The number of rotatable bonds is 2. The van der Waals surface area contributed by atoms with Crippen molar-refractivity contribution in [3.63, 3.8) is 0 Å². The SMILES string of the molecule is CN1CCC(=C2c3ccccc3CC(=O)c3sc(C=CC(=O)O)cc32)CC1. The fraction of sp³-hybridized carbons (Fsp3) is 0.273. The topological polar surface area (TPSA) is 57.6 Å². The number of fused-ring (bicyclic) bond motifs is 2. The van der Waals surface area contributed by atoms with Crippen LogP contribution >= 0.6 is 11.3 Å². The van der Waals surface area contributed by atoms with Crippen LogP contribution in [0.1, 0.15) is 44.1 Å². The van der Waals surface area contributed by atoms with Crippen LogP contribution < -0.4 is 0 Å². The van der Waals surface area contributed by atoms with Crippen LogP contribution in [0.3, 0.4) is 0 Å². The van der Waals surface area contributed by atoms with E-state index in [0.29, 0.717) is 6.42 Å². The molecule has 0 amide bonds. The van der Waals surface area contributed by atoms with Gasteiger partial charge >= 0.3 is 5.97 Å². The lowest BCUT2D eigenvalue weighted by Crippen LogP contribution is -2.27. The number of ketones is 1. The van der Waals surface area contributed by atoms with Crippen LogP contribution in [0.2, 0.25) is 0 Å². The Kier molecular flexibility index (Phi) is 4.81. The molecule has 0 bridgehead atoms. The maximum Gasteiger partial charge on any atom is 0.328 e. The number of thiophene rings is 1. The van der Waals surface area contributed by atoms with E-state index in [1.54, 1.807) is 6.08 Å². The summed E-state index contributed by atoms with van der Waals surface area (Å²) in [6, 6.07) is 10.2. The summed E-state index contributed by atoms with van der Waals surface area (Å²) in [7, 11) is 2.14. The summed E-state index contributed by atoms with van der Waals surface area (Å²) >= 11 is 1.39. The van der Waals surface area contributed by atoms with Crippen molar-refractivity contribution in [1.29, 1.82) is 0 Å². The highest BCUT2D eigenvalue weighted by molar-refractivity contribution is 7.15. The molecule has 1 aliphatic carbocycles. The molecule has 0 atom stereocenters. The number of carboxylic acid groups (broad SMARTS) is 1. The smallest absolute Gasteiger partial charge is 0.328 e. The van der Waals surface area contributed by atoms with Gasteiger partial charge in [-0.1, -0.05) is 29.8 Å². The molecule has 0 radical (unpaired) electrons. The number of benzene rings is 1. The van der Waals surface area contributed by atoms with Gasteiger partial charge in [0.2, 0.25) is 0 Å². The predicted octanol–water partition coefficient (Wildman–Crippen LogP) is 4.11. The molecule has 1 aliphatic heterocycles. The summed E-state index contributed by atoms with van der Waals surface area (Å²) in [5.74, 6) is -0.870. The highest BCUT2D eigenvalue weighted by atomic mass is 32.1. The molecule has 0 spiro atoms. The molecule has 5 heteroatoms. The number of likely N-dealkylation sites (tertiary alicyclic amines) is 1. The quantitative estimate of drug-likeness (QED) is 0.798. The molecule has 1 aromatic heterocycles. The third kappa shape index (κ3) is 3.53. The van der Waals surface area contributed by atoms with E-state index in [1.807, 2.05) is 24.3 Å². The molecule has 27 heavy (non-hydrogen) atoms. The van der Waals surface area contributed by atoms with Gasteiger partial charge in [0.15, 0.2) is 5.78 Å². The Morgan fingerprint density at radius 3 is 2.67 bits per heavy atom. The Bertz CT molecular complexity index is 973. The average Bonchev–Trinajstić information content (AvgIpc) is 3.03. The molecule has 1 N–H and O–H groups in total. The van der Waals surface area contributed by atoms with Gasteiger partial charge in [0.25, 0.3) is 0 Å². The normalized spacial score (nSPS) is 17.7. The highest BCUT2D eigenvalue weighted by Gasteiger charge is 2.28. The molecule has 0 unspecified atom stereocenters. The van der Waals surface area contributed by atoms with Gasteiger partial charge < -0.3 is 10.0 Å². The second-order valence-electron chi connectivity index (χ2n) is 7.10. The Hall–Kier alpha value is -2.50. The summed E-state index contributed by atoms with van der Waals surface area (Å²) in [6.07, 6.45) is 5.08. The summed E-state index contributed by atoms with van der Waals surface area (Å²) in [5.41, 5.74) is 5.78. The van der Waals surface area contributed by atoms with Gasteiger partial charge in [-0.3, -0.25) is 4.79 Å². The molecule has 2 aromatic rings. The van der Waals surface area contributed by atoms with Crippen molar-refractivity contribution in [2.75, 3.05) is 20.1 Å². The molecule has 4 nitrogen and oxygen atoms in total. The van der Waals surface area contributed by atoms with Crippen LogP contribution in [-0.4, -0.2) is 41.9 Å². The zero-order valence-corrected chi connectivity index (χ0v) is 16.0. The number of hydrogen-bond acceptors (Lipinski definition) is 4. The lowest BCUT2D eigenvalue weighted by molar-refractivity contribution is -0.131. The first-order chi connectivity index (χ1) is 13.0. The molecule has 2 heterocycles. The van der Waals surface area contributed by atoms with E-state index >= 15 is 0 Å². The Morgan fingerprint density at radius 2 is 1.93 bits per heavy atom. The van der Waals surface area contributed by atoms with Crippen molar-refractivity contribution < 1.29 is 14.7 Å². The van der Waals surface area contributed by atoms with E-state index < -0.39 is 5.97 Å². The van der Waals surface area contributed by atoms with Gasteiger partial charge in [-0.05, 0) is 48.7 Å². The number of nitrogens with zero attached hydrogens (tertiary/aromatic N) is 1. The second-order valence-corrected chi connectivity index (χ2v) is 8.19. The molecule has 138 valence electrons. The first-order valence-corrected chi connectivity index (χ1v) is 9.92. The first kappa shape index (κ1) is 17.9. The van der Waals surface area contributed by atoms with E-state index in [9.17, 15) is 9.59 Å². The summed E-state index contributed by atoms with van der Waals surface area (Å²) in [6.45, 7) is 2.03. The van der Waals surface area contributed by atoms with Gasteiger partial charge in [0.05, 0.1) is 4.88 Å². The molecule has 2 aliphatic rings.